The number of benzene rings is 2. The highest BCUT2D eigenvalue weighted by Gasteiger charge is 2.21. The van der Waals surface area contributed by atoms with Crippen LogP contribution >= 0.6 is 0 Å². The number of amides is 1. The largest absolute Gasteiger partial charge is 0.486 e. The Labute approximate surface area is 168 Å². The number of carbonyl (C=O) groups is 1. The van der Waals surface area contributed by atoms with Gasteiger partial charge in [0.15, 0.2) is 11.5 Å². The summed E-state index contributed by atoms with van der Waals surface area (Å²) in [4.78, 5) is 24.7. The molecule has 1 atom stereocenters. The molecule has 2 heterocycles. The molecule has 0 unspecified atom stereocenters. The van der Waals surface area contributed by atoms with E-state index in [9.17, 15) is 9.59 Å². The Bertz CT molecular complexity index is 1120. The summed E-state index contributed by atoms with van der Waals surface area (Å²) in [6.07, 6.45) is 0.284. The second-order valence-electron chi connectivity index (χ2n) is 7.29. The van der Waals surface area contributed by atoms with Crippen LogP contribution in [0.4, 0.5) is 0 Å². The van der Waals surface area contributed by atoms with Gasteiger partial charge in [-0.2, -0.15) is 0 Å². The van der Waals surface area contributed by atoms with Gasteiger partial charge in [-0.05, 0) is 49.6 Å². The van der Waals surface area contributed by atoms with Gasteiger partial charge in [-0.1, -0.05) is 24.3 Å². The van der Waals surface area contributed by atoms with E-state index in [2.05, 4.69) is 5.32 Å². The van der Waals surface area contributed by atoms with Crippen molar-refractivity contribution in [2.24, 2.45) is 0 Å². The van der Waals surface area contributed by atoms with Gasteiger partial charge in [-0.25, -0.2) is 4.79 Å². The average molecular weight is 393 g/mol. The SMILES string of the molecule is Cc1ccc2c(C)c(CCC(=O)NC[C@H]3COc4ccccc4O3)c(=O)oc2c1. The van der Waals surface area contributed by atoms with Crippen molar-refractivity contribution in [1.29, 1.82) is 0 Å². The number of hydrogen-bond acceptors (Lipinski definition) is 5. The number of nitrogens with one attached hydrogen (secondary N) is 1. The van der Waals surface area contributed by atoms with Crippen molar-refractivity contribution in [3.05, 3.63) is 69.6 Å². The van der Waals surface area contributed by atoms with Gasteiger partial charge in [-0.15, -0.1) is 0 Å². The molecule has 3 aromatic rings. The number of fused-ring (bicyclic) bond motifs is 2. The Morgan fingerprint density at radius 2 is 1.93 bits per heavy atom. The Kier molecular flexibility index (Phi) is 5.25. The fraction of sp³-hybridized carbons (Fsp3) is 0.304. The smallest absolute Gasteiger partial charge is 0.339 e. The first-order valence-electron chi connectivity index (χ1n) is 9.69. The summed E-state index contributed by atoms with van der Waals surface area (Å²) in [5.74, 6) is 1.25. The first-order valence-corrected chi connectivity index (χ1v) is 9.69. The molecule has 0 spiro atoms. The molecule has 6 nitrogen and oxygen atoms in total. The van der Waals surface area contributed by atoms with Crippen LogP contribution in [0, 0.1) is 13.8 Å². The lowest BCUT2D eigenvalue weighted by Crippen LogP contribution is -2.40. The zero-order chi connectivity index (χ0) is 20.4. The lowest BCUT2D eigenvalue weighted by molar-refractivity contribution is -0.121. The molecule has 0 radical (unpaired) electrons. The van der Waals surface area contributed by atoms with Gasteiger partial charge in [0.2, 0.25) is 5.91 Å². The average Bonchev–Trinajstić information content (AvgIpc) is 2.71. The van der Waals surface area contributed by atoms with E-state index in [1.807, 2.05) is 56.3 Å². The molecule has 0 saturated carbocycles. The van der Waals surface area contributed by atoms with Crippen molar-refractivity contribution in [2.75, 3.05) is 13.2 Å². The molecule has 0 saturated heterocycles. The summed E-state index contributed by atoms with van der Waals surface area (Å²) >= 11 is 0. The van der Waals surface area contributed by atoms with Crippen LogP contribution in [0.5, 0.6) is 11.5 Å². The van der Waals surface area contributed by atoms with Gasteiger partial charge in [-0.3, -0.25) is 4.79 Å². The van der Waals surface area contributed by atoms with E-state index >= 15 is 0 Å². The van der Waals surface area contributed by atoms with Crippen LogP contribution in [0.25, 0.3) is 11.0 Å². The van der Waals surface area contributed by atoms with E-state index in [0.717, 1.165) is 16.5 Å². The van der Waals surface area contributed by atoms with Crippen molar-refractivity contribution in [3.8, 4) is 11.5 Å². The summed E-state index contributed by atoms with van der Waals surface area (Å²) in [5, 5.41) is 3.76. The number of para-hydroxylation sites is 2. The Morgan fingerprint density at radius 1 is 1.14 bits per heavy atom. The molecule has 0 aliphatic carbocycles. The topological polar surface area (TPSA) is 77.8 Å². The number of hydrogen-bond donors (Lipinski definition) is 1. The number of aryl methyl sites for hydroxylation is 2. The predicted octanol–water partition coefficient (Wildman–Crippen LogP) is 3.30. The Hall–Kier alpha value is -3.28. The van der Waals surface area contributed by atoms with Crippen LogP contribution in [0.1, 0.15) is 23.1 Å². The summed E-state index contributed by atoms with van der Waals surface area (Å²) < 4.78 is 16.9. The lowest BCUT2D eigenvalue weighted by Gasteiger charge is -2.26. The van der Waals surface area contributed by atoms with E-state index in [0.29, 0.717) is 42.2 Å². The third kappa shape index (κ3) is 4.11. The molecule has 1 aliphatic rings. The summed E-state index contributed by atoms with van der Waals surface area (Å²) in [6, 6.07) is 13.2. The van der Waals surface area contributed by atoms with Gasteiger partial charge in [0, 0.05) is 17.4 Å². The fourth-order valence-corrected chi connectivity index (χ4v) is 3.51. The molecule has 150 valence electrons. The second-order valence-corrected chi connectivity index (χ2v) is 7.29. The van der Waals surface area contributed by atoms with Crippen LogP contribution in [0.15, 0.2) is 51.7 Å². The van der Waals surface area contributed by atoms with Gasteiger partial charge < -0.3 is 19.2 Å². The molecule has 4 rings (SSSR count). The van der Waals surface area contributed by atoms with Crippen LogP contribution in [0.2, 0.25) is 0 Å². The molecule has 1 aliphatic heterocycles. The van der Waals surface area contributed by atoms with Gasteiger partial charge >= 0.3 is 5.63 Å². The minimum atomic E-state index is -0.381. The number of rotatable bonds is 5. The highest BCUT2D eigenvalue weighted by Crippen LogP contribution is 2.30. The maximum Gasteiger partial charge on any atom is 0.339 e. The van der Waals surface area contributed by atoms with E-state index < -0.39 is 0 Å². The summed E-state index contributed by atoms with van der Waals surface area (Å²) in [7, 11) is 0. The quantitative estimate of drug-likeness (QED) is 0.673. The van der Waals surface area contributed by atoms with Crippen molar-refractivity contribution in [2.45, 2.75) is 32.8 Å². The predicted molar refractivity (Wildman–Crippen MR) is 110 cm³/mol. The van der Waals surface area contributed by atoms with Crippen molar-refractivity contribution in [3.63, 3.8) is 0 Å². The maximum atomic E-state index is 12.4. The molecular weight excluding hydrogens is 370 g/mol. The van der Waals surface area contributed by atoms with E-state index in [1.165, 1.54) is 0 Å². The fourth-order valence-electron chi connectivity index (χ4n) is 3.51. The second kappa shape index (κ2) is 7.99. The minimum absolute atomic E-state index is 0.143. The monoisotopic (exact) mass is 393 g/mol. The van der Waals surface area contributed by atoms with Crippen LogP contribution in [-0.4, -0.2) is 25.2 Å². The zero-order valence-corrected chi connectivity index (χ0v) is 16.5. The minimum Gasteiger partial charge on any atom is -0.486 e. The van der Waals surface area contributed by atoms with Crippen LogP contribution in [-0.2, 0) is 11.2 Å². The third-order valence-corrected chi connectivity index (χ3v) is 5.14. The molecule has 29 heavy (non-hydrogen) atoms. The number of carbonyl (C=O) groups excluding carboxylic acids is 1. The Balaban J connectivity index is 1.35. The molecule has 1 N–H and O–H groups in total. The van der Waals surface area contributed by atoms with Gasteiger partial charge in [0.25, 0.3) is 0 Å². The first kappa shape index (κ1) is 19.1. The van der Waals surface area contributed by atoms with E-state index in [1.54, 1.807) is 0 Å². The van der Waals surface area contributed by atoms with Gasteiger partial charge in [0.1, 0.15) is 18.3 Å². The van der Waals surface area contributed by atoms with E-state index in [4.69, 9.17) is 13.9 Å². The van der Waals surface area contributed by atoms with Crippen LogP contribution < -0.4 is 20.4 Å². The Morgan fingerprint density at radius 3 is 2.76 bits per heavy atom. The maximum absolute atomic E-state index is 12.4. The number of ether oxygens (including phenoxy) is 2. The molecule has 1 amide bonds. The zero-order valence-electron chi connectivity index (χ0n) is 16.5. The molecule has 6 heteroatoms. The molecule has 2 aromatic carbocycles. The lowest BCUT2D eigenvalue weighted by atomic mass is 10.0. The molecular formula is C23H23NO5. The van der Waals surface area contributed by atoms with Crippen molar-refractivity contribution >= 4 is 16.9 Å². The standard InChI is InChI=1S/C23H23NO5/c1-14-7-8-17-15(2)18(23(26)29-21(17)11-14)9-10-22(25)24-12-16-13-27-19-5-3-4-6-20(19)28-16/h3-8,11,16H,9-10,12-13H2,1-2H3,(H,24,25)/t16-/m0/s1. The highest BCUT2D eigenvalue weighted by molar-refractivity contribution is 5.82. The summed E-state index contributed by atoms with van der Waals surface area (Å²) in [5.41, 5.74) is 2.64. The molecule has 1 aromatic heterocycles. The highest BCUT2D eigenvalue weighted by atomic mass is 16.6. The molecule has 0 bridgehead atoms. The third-order valence-electron chi connectivity index (χ3n) is 5.14. The van der Waals surface area contributed by atoms with Gasteiger partial charge in [0.05, 0.1) is 6.54 Å². The summed E-state index contributed by atoms with van der Waals surface area (Å²) in [6.45, 7) is 4.57. The molecule has 0 fully saturated rings. The first-order chi connectivity index (χ1) is 14.0. The normalized spacial score (nSPS) is 15.3. The van der Waals surface area contributed by atoms with Crippen molar-refractivity contribution < 1.29 is 18.7 Å². The van der Waals surface area contributed by atoms with Crippen molar-refractivity contribution in [1.82, 2.24) is 5.32 Å². The van der Waals surface area contributed by atoms with E-state index in [-0.39, 0.29) is 24.1 Å². The van der Waals surface area contributed by atoms with Crippen LogP contribution in [0.3, 0.4) is 0 Å².